The van der Waals surface area contributed by atoms with E-state index >= 15 is 0 Å². The van der Waals surface area contributed by atoms with Crippen LogP contribution < -0.4 is 0 Å². The molecule has 0 aliphatic carbocycles. The summed E-state index contributed by atoms with van der Waals surface area (Å²) in [5, 5.41) is 10.4. The summed E-state index contributed by atoms with van der Waals surface area (Å²) in [6, 6.07) is 9.10. The molecule has 1 N–H and O–H groups in total. The van der Waals surface area contributed by atoms with E-state index < -0.39 is 6.10 Å². The SMILES string of the molecule is CC.OC(c1ccccc1)c1ncc(Cl)nc1Cl. The average molecular weight is 285 g/mol. The Labute approximate surface area is 116 Å². The molecular formula is C13H14Cl2N2O. The first kappa shape index (κ1) is 14.9. The molecule has 0 spiro atoms. The number of halogens is 2. The van der Waals surface area contributed by atoms with Gasteiger partial charge in [0.05, 0.1) is 6.20 Å². The van der Waals surface area contributed by atoms with Gasteiger partial charge in [-0.3, -0.25) is 4.98 Å². The Morgan fingerprint density at radius 3 is 2.28 bits per heavy atom. The van der Waals surface area contributed by atoms with Gasteiger partial charge in [-0.15, -0.1) is 0 Å². The largest absolute Gasteiger partial charge is 0.382 e. The van der Waals surface area contributed by atoms with Crippen LogP contribution in [0.5, 0.6) is 0 Å². The molecule has 5 heteroatoms. The lowest BCUT2D eigenvalue weighted by Crippen LogP contribution is -2.04. The molecule has 0 saturated carbocycles. The normalized spacial score (nSPS) is 11.4. The zero-order valence-electron chi connectivity index (χ0n) is 10.1. The van der Waals surface area contributed by atoms with Crippen LogP contribution in [-0.4, -0.2) is 15.1 Å². The number of benzene rings is 1. The predicted octanol–water partition coefficient (Wildman–Crippen LogP) is 3.89. The van der Waals surface area contributed by atoms with Crippen molar-refractivity contribution in [3.63, 3.8) is 0 Å². The van der Waals surface area contributed by atoms with Gasteiger partial charge in [-0.2, -0.15) is 0 Å². The highest BCUT2D eigenvalue weighted by atomic mass is 35.5. The molecular weight excluding hydrogens is 271 g/mol. The maximum absolute atomic E-state index is 10.0. The fourth-order valence-corrected chi connectivity index (χ4v) is 1.75. The molecule has 0 bridgehead atoms. The monoisotopic (exact) mass is 284 g/mol. The van der Waals surface area contributed by atoms with Gasteiger partial charge >= 0.3 is 0 Å². The molecule has 1 heterocycles. The molecule has 0 saturated heterocycles. The Kier molecular flexibility index (Phi) is 6.05. The molecule has 96 valence electrons. The fourth-order valence-electron chi connectivity index (χ4n) is 1.33. The van der Waals surface area contributed by atoms with E-state index in [1.165, 1.54) is 6.20 Å². The number of aliphatic hydroxyl groups excluding tert-OH is 1. The van der Waals surface area contributed by atoms with Gasteiger partial charge in [0, 0.05) is 0 Å². The molecule has 1 aromatic carbocycles. The molecule has 0 aliphatic rings. The van der Waals surface area contributed by atoms with E-state index in [4.69, 9.17) is 23.2 Å². The molecule has 2 aromatic rings. The minimum atomic E-state index is -0.890. The molecule has 0 aliphatic heterocycles. The van der Waals surface area contributed by atoms with E-state index in [0.717, 1.165) is 0 Å². The second kappa shape index (κ2) is 7.31. The molecule has 1 unspecified atom stereocenters. The van der Waals surface area contributed by atoms with E-state index in [2.05, 4.69) is 9.97 Å². The molecule has 1 atom stereocenters. The van der Waals surface area contributed by atoms with Crippen molar-refractivity contribution in [2.24, 2.45) is 0 Å². The van der Waals surface area contributed by atoms with Crippen LogP contribution in [0.2, 0.25) is 10.3 Å². The fraction of sp³-hybridized carbons (Fsp3) is 0.231. The Hall–Kier alpha value is -1.16. The van der Waals surface area contributed by atoms with Crippen molar-refractivity contribution in [1.82, 2.24) is 9.97 Å². The summed E-state index contributed by atoms with van der Waals surface area (Å²) in [5.41, 5.74) is 1.01. The van der Waals surface area contributed by atoms with Crippen molar-refractivity contribution in [2.75, 3.05) is 0 Å². The van der Waals surface area contributed by atoms with E-state index in [0.29, 0.717) is 11.3 Å². The van der Waals surface area contributed by atoms with Crippen LogP contribution >= 0.6 is 23.2 Å². The van der Waals surface area contributed by atoms with Gasteiger partial charge in [0.2, 0.25) is 0 Å². The van der Waals surface area contributed by atoms with Gasteiger partial charge in [0.1, 0.15) is 17.0 Å². The first-order valence-electron chi connectivity index (χ1n) is 5.59. The molecule has 1 aromatic heterocycles. The van der Waals surface area contributed by atoms with Gasteiger partial charge in [-0.25, -0.2) is 4.98 Å². The minimum absolute atomic E-state index is 0.115. The standard InChI is InChI=1S/C11H8Cl2N2O.C2H6/c12-8-6-14-9(11(13)15-8)10(16)7-4-2-1-3-5-7;1-2/h1-6,10,16H;1-2H3. The van der Waals surface area contributed by atoms with Crippen molar-refractivity contribution >= 4 is 23.2 Å². The van der Waals surface area contributed by atoms with Crippen LogP contribution in [0.15, 0.2) is 36.5 Å². The molecule has 3 nitrogen and oxygen atoms in total. The second-order valence-electron chi connectivity index (χ2n) is 3.18. The van der Waals surface area contributed by atoms with E-state index in [9.17, 15) is 5.11 Å². The number of aromatic nitrogens is 2. The number of aliphatic hydroxyl groups is 1. The van der Waals surface area contributed by atoms with Gasteiger partial charge in [0.25, 0.3) is 0 Å². The molecule has 0 radical (unpaired) electrons. The van der Waals surface area contributed by atoms with Crippen LogP contribution in [0.1, 0.15) is 31.2 Å². The van der Waals surface area contributed by atoms with Crippen LogP contribution in [0.4, 0.5) is 0 Å². The van der Waals surface area contributed by atoms with E-state index in [1.807, 2.05) is 32.0 Å². The number of hydrogen-bond acceptors (Lipinski definition) is 3. The zero-order chi connectivity index (χ0) is 13.5. The van der Waals surface area contributed by atoms with Gasteiger partial charge < -0.3 is 5.11 Å². The molecule has 0 amide bonds. The summed E-state index contributed by atoms with van der Waals surface area (Å²) < 4.78 is 0. The minimum Gasteiger partial charge on any atom is -0.382 e. The van der Waals surface area contributed by atoms with Crippen molar-refractivity contribution in [3.8, 4) is 0 Å². The summed E-state index contributed by atoms with van der Waals surface area (Å²) in [6.45, 7) is 4.00. The maximum Gasteiger partial charge on any atom is 0.155 e. The summed E-state index contributed by atoms with van der Waals surface area (Å²) in [5.74, 6) is 0. The number of nitrogens with zero attached hydrogens (tertiary/aromatic N) is 2. The Bertz CT molecular complexity index is 492. The average Bonchev–Trinajstić information content (AvgIpc) is 2.41. The lowest BCUT2D eigenvalue weighted by molar-refractivity contribution is 0.215. The summed E-state index contributed by atoms with van der Waals surface area (Å²) in [6.07, 6.45) is 0.466. The Morgan fingerprint density at radius 2 is 1.72 bits per heavy atom. The van der Waals surface area contributed by atoms with Crippen molar-refractivity contribution in [3.05, 3.63) is 58.1 Å². The highest BCUT2D eigenvalue weighted by Crippen LogP contribution is 2.25. The smallest absolute Gasteiger partial charge is 0.155 e. The van der Waals surface area contributed by atoms with Crippen molar-refractivity contribution in [1.29, 1.82) is 0 Å². The summed E-state index contributed by atoms with van der Waals surface area (Å²) >= 11 is 11.5. The van der Waals surface area contributed by atoms with Crippen LogP contribution in [-0.2, 0) is 0 Å². The second-order valence-corrected chi connectivity index (χ2v) is 3.93. The number of rotatable bonds is 2. The summed E-state index contributed by atoms with van der Waals surface area (Å²) in [7, 11) is 0. The van der Waals surface area contributed by atoms with Crippen LogP contribution in [0.3, 0.4) is 0 Å². The lowest BCUT2D eigenvalue weighted by atomic mass is 10.1. The van der Waals surface area contributed by atoms with Crippen molar-refractivity contribution < 1.29 is 5.11 Å². The highest BCUT2D eigenvalue weighted by molar-refractivity contribution is 6.32. The third kappa shape index (κ3) is 3.67. The zero-order valence-corrected chi connectivity index (χ0v) is 11.7. The van der Waals surface area contributed by atoms with Gasteiger partial charge in [-0.05, 0) is 5.56 Å². The summed E-state index contributed by atoms with van der Waals surface area (Å²) in [4.78, 5) is 7.81. The van der Waals surface area contributed by atoms with E-state index in [1.54, 1.807) is 12.1 Å². The lowest BCUT2D eigenvalue weighted by Gasteiger charge is -2.11. The first-order chi connectivity index (χ1) is 8.68. The number of hydrogen-bond donors (Lipinski definition) is 1. The van der Waals surface area contributed by atoms with Crippen molar-refractivity contribution in [2.45, 2.75) is 20.0 Å². The maximum atomic E-state index is 10.0. The third-order valence-corrected chi connectivity index (χ3v) is 2.56. The highest BCUT2D eigenvalue weighted by Gasteiger charge is 2.16. The van der Waals surface area contributed by atoms with E-state index in [-0.39, 0.29) is 10.3 Å². The topological polar surface area (TPSA) is 46.0 Å². The predicted molar refractivity (Wildman–Crippen MR) is 73.9 cm³/mol. The van der Waals surface area contributed by atoms with Crippen LogP contribution in [0.25, 0.3) is 0 Å². The quantitative estimate of drug-likeness (QED) is 0.910. The Balaban J connectivity index is 0.000000771. The van der Waals surface area contributed by atoms with Crippen LogP contribution in [0, 0.1) is 0 Å². The molecule has 0 fully saturated rings. The van der Waals surface area contributed by atoms with Gasteiger partial charge in [0.15, 0.2) is 5.15 Å². The Morgan fingerprint density at radius 1 is 1.11 bits per heavy atom. The first-order valence-corrected chi connectivity index (χ1v) is 6.35. The third-order valence-electron chi connectivity index (χ3n) is 2.10. The molecule has 18 heavy (non-hydrogen) atoms. The molecule has 2 rings (SSSR count). The van der Waals surface area contributed by atoms with Gasteiger partial charge in [-0.1, -0.05) is 67.4 Å².